The molecular formula is C18H30O2. The van der Waals surface area contributed by atoms with Crippen molar-refractivity contribution in [3.8, 4) is 0 Å². The van der Waals surface area contributed by atoms with Gasteiger partial charge in [-0.3, -0.25) is 0 Å². The zero-order chi connectivity index (χ0) is 15.2. The molecule has 0 aliphatic rings. The summed E-state index contributed by atoms with van der Waals surface area (Å²) < 4.78 is 11.4. The number of hydrogen-bond acceptors (Lipinski definition) is 2. The summed E-state index contributed by atoms with van der Waals surface area (Å²) in [5.74, 6) is 0. The van der Waals surface area contributed by atoms with Crippen LogP contribution in [0.1, 0.15) is 47.5 Å². The van der Waals surface area contributed by atoms with Crippen LogP contribution in [0.3, 0.4) is 0 Å². The van der Waals surface area contributed by atoms with Crippen LogP contribution in [-0.4, -0.2) is 19.5 Å². The lowest BCUT2D eigenvalue weighted by Crippen LogP contribution is -2.15. The van der Waals surface area contributed by atoms with E-state index in [-0.39, 0.29) is 6.29 Å². The molecule has 0 aliphatic heterocycles. The van der Waals surface area contributed by atoms with Gasteiger partial charge < -0.3 is 9.47 Å². The molecule has 0 atom stereocenters. The first kappa shape index (κ1) is 18.9. The first-order chi connectivity index (χ1) is 9.60. The van der Waals surface area contributed by atoms with E-state index in [9.17, 15) is 0 Å². The van der Waals surface area contributed by atoms with Gasteiger partial charge in [-0.15, -0.1) is 0 Å². The van der Waals surface area contributed by atoms with Gasteiger partial charge in [-0.25, -0.2) is 0 Å². The minimum atomic E-state index is -0.269. The molecule has 0 heterocycles. The standard InChI is InChI=1S/C18H30O2/c1-6-8-13-19-18(20-14-9-7-2)15-17(5)12-10-11-16(3)4/h6-9,11,15,18H,10,12-14H2,1-5H3. The summed E-state index contributed by atoms with van der Waals surface area (Å²) in [4.78, 5) is 0. The molecule has 2 heteroatoms. The Balaban J connectivity index is 4.37. The van der Waals surface area contributed by atoms with Crippen molar-refractivity contribution >= 4 is 0 Å². The molecule has 0 unspecified atom stereocenters. The van der Waals surface area contributed by atoms with Crippen molar-refractivity contribution < 1.29 is 9.47 Å². The maximum absolute atomic E-state index is 5.69. The third-order valence-corrected chi connectivity index (χ3v) is 2.70. The number of ether oxygens (including phenoxy) is 2. The Kier molecular flexibility index (Phi) is 12.2. The van der Waals surface area contributed by atoms with E-state index < -0.39 is 0 Å². The molecule has 0 N–H and O–H groups in total. The molecule has 0 aromatic heterocycles. The average molecular weight is 278 g/mol. The summed E-state index contributed by atoms with van der Waals surface area (Å²) in [7, 11) is 0. The highest BCUT2D eigenvalue weighted by atomic mass is 16.7. The van der Waals surface area contributed by atoms with Crippen LogP contribution in [0.25, 0.3) is 0 Å². The molecule has 0 aromatic rings. The van der Waals surface area contributed by atoms with Gasteiger partial charge in [-0.1, -0.05) is 41.5 Å². The van der Waals surface area contributed by atoms with Crippen LogP contribution < -0.4 is 0 Å². The van der Waals surface area contributed by atoms with Crippen LogP contribution in [0.15, 0.2) is 47.6 Å². The van der Waals surface area contributed by atoms with E-state index >= 15 is 0 Å². The summed E-state index contributed by atoms with van der Waals surface area (Å²) in [6.45, 7) is 11.5. The quantitative estimate of drug-likeness (QED) is 0.404. The Morgan fingerprint density at radius 3 is 1.95 bits per heavy atom. The molecule has 0 aromatic carbocycles. The zero-order valence-electron chi connectivity index (χ0n) is 13.7. The van der Waals surface area contributed by atoms with Crippen LogP contribution in [0.5, 0.6) is 0 Å². The molecule has 20 heavy (non-hydrogen) atoms. The van der Waals surface area contributed by atoms with Crippen LogP contribution >= 0.6 is 0 Å². The fourth-order valence-electron chi connectivity index (χ4n) is 1.54. The van der Waals surface area contributed by atoms with Crippen molar-refractivity contribution in [2.24, 2.45) is 0 Å². The molecule has 114 valence electrons. The van der Waals surface area contributed by atoms with Crippen molar-refractivity contribution in [1.82, 2.24) is 0 Å². The minimum absolute atomic E-state index is 0.269. The highest BCUT2D eigenvalue weighted by Crippen LogP contribution is 2.10. The second-order valence-corrected chi connectivity index (χ2v) is 5.01. The van der Waals surface area contributed by atoms with Gasteiger partial charge in [0, 0.05) is 0 Å². The molecule has 0 aliphatic carbocycles. The molecule has 0 fully saturated rings. The molecule has 0 saturated carbocycles. The maximum Gasteiger partial charge on any atom is 0.177 e. The Morgan fingerprint density at radius 1 is 0.950 bits per heavy atom. The second-order valence-electron chi connectivity index (χ2n) is 5.01. The van der Waals surface area contributed by atoms with Crippen molar-refractivity contribution in [2.75, 3.05) is 13.2 Å². The maximum atomic E-state index is 5.69. The van der Waals surface area contributed by atoms with Gasteiger partial charge in [-0.05, 0) is 53.5 Å². The zero-order valence-corrected chi connectivity index (χ0v) is 13.7. The van der Waals surface area contributed by atoms with Crippen molar-refractivity contribution in [2.45, 2.75) is 53.8 Å². The van der Waals surface area contributed by atoms with E-state index in [0.717, 1.165) is 12.8 Å². The molecule has 0 bridgehead atoms. The van der Waals surface area contributed by atoms with Gasteiger partial charge in [0.05, 0.1) is 13.2 Å². The van der Waals surface area contributed by atoms with E-state index in [1.807, 2.05) is 38.2 Å². The summed E-state index contributed by atoms with van der Waals surface area (Å²) in [6, 6.07) is 0. The van der Waals surface area contributed by atoms with Crippen LogP contribution in [0.2, 0.25) is 0 Å². The summed E-state index contributed by atoms with van der Waals surface area (Å²) in [6.07, 6.45) is 14.1. The van der Waals surface area contributed by atoms with Gasteiger partial charge in [0.1, 0.15) is 0 Å². The van der Waals surface area contributed by atoms with Gasteiger partial charge in [0.25, 0.3) is 0 Å². The highest BCUT2D eigenvalue weighted by Gasteiger charge is 2.04. The van der Waals surface area contributed by atoms with Gasteiger partial charge in [-0.2, -0.15) is 0 Å². The predicted molar refractivity (Wildman–Crippen MR) is 87.7 cm³/mol. The molecular weight excluding hydrogens is 248 g/mol. The number of hydrogen-bond donors (Lipinski definition) is 0. The van der Waals surface area contributed by atoms with E-state index in [0.29, 0.717) is 13.2 Å². The van der Waals surface area contributed by atoms with Crippen LogP contribution in [0.4, 0.5) is 0 Å². The van der Waals surface area contributed by atoms with Crippen LogP contribution in [0, 0.1) is 0 Å². The van der Waals surface area contributed by atoms with Crippen molar-refractivity contribution in [1.29, 1.82) is 0 Å². The SMILES string of the molecule is CC=CCOC(C=C(C)CCC=C(C)C)OCC=CC. The first-order valence-electron chi connectivity index (χ1n) is 7.36. The molecule has 0 radical (unpaired) electrons. The number of allylic oxidation sites excluding steroid dienone is 5. The third kappa shape index (κ3) is 11.9. The molecule has 0 spiro atoms. The lowest BCUT2D eigenvalue weighted by Gasteiger charge is -2.14. The fourth-order valence-corrected chi connectivity index (χ4v) is 1.54. The average Bonchev–Trinajstić information content (AvgIpc) is 2.38. The topological polar surface area (TPSA) is 18.5 Å². The smallest absolute Gasteiger partial charge is 0.177 e. The third-order valence-electron chi connectivity index (χ3n) is 2.70. The van der Waals surface area contributed by atoms with E-state index in [4.69, 9.17) is 9.47 Å². The Bertz CT molecular complexity index is 328. The Morgan fingerprint density at radius 2 is 1.50 bits per heavy atom. The molecule has 0 amide bonds. The van der Waals surface area contributed by atoms with Gasteiger partial charge >= 0.3 is 0 Å². The van der Waals surface area contributed by atoms with E-state index in [1.54, 1.807) is 0 Å². The highest BCUT2D eigenvalue weighted by molar-refractivity contribution is 5.03. The Hall–Kier alpha value is -1.12. The predicted octanol–water partition coefficient (Wildman–Crippen LogP) is 5.19. The molecule has 0 rings (SSSR count). The fraction of sp³-hybridized carbons (Fsp3) is 0.556. The lowest BCUT2D eigenvalue weighted by molar-refractivity contribution is -0.0941. The minimum Gasteiger partial charge on any atom is -0.345 e. The molecule has 0 saturated heterocycles. The monoisotopic (exact) mass is 278 g/mol. The van der Waals surface area contributed by atoms with E-state index in [1.165, 1.54) is 11.1 Å². The second kappa shape index (κ2) is 12.9. The van der Waals surface area contributed by atoms with E-state index in [2.05, 4.69) is 32.9 Å². The van der Waals surface area contributed by atoms with Gasteiger partial charge in [0.2, 0.25) is 0 Å². The van der Waals surface area contributed by atoms with Gasteiger partial charge in [0.15, 0.2) is 6.29 Å². The normalized spacial score (nSPS) is 14.2. The van der Waals surface area contributed by atoms with Crippen molar-refractivity contribution in [3.63, 3.8) is 0 Å². The lowest BCUT2D eigenvalue weighted by atomic mass is 10.1. The summed E-state index contributed by atoms with van der Waals surface area (Å²) in [5, 5.41) is 0. The number of rotatable bonds is 10. The summed E-state index contributed by atoms with van der Waals surface area (Å²) >= 11 is 0. The first-order valence-corrected chi connectivity index (χ1v) is 7.36. The molecule has 2 nitrogen and oxygen atoms in total. The van der Waals surface area contributed by atoms with Crippen LogP contribution in [-0.2, 0) is 9.47 Å². The summed E-state index contributed by atoms with van der Waals surface area (Å²) in [5.41, 5.74) is 2.66. The van der Waals surface area contributed by atoms with Crippen molar-refractivity contribution in [3.05, 3.63) is 47.6 Å². The largest absolute Gasteiger partial charge is 0.345 e. The Labute approximate surface area is 124 Å².